The summed E-state index contributed by atoms with van der Waals surface area (Å²) in [5, 5.41) is 15.5. The predicted molar refractivity (Wildman–Crippen MR) is 21.2 cm³/mol. The Labute approximate surface area is 43.8 Å². The van der Waals surface area contributed by atoms with Gasteiger partial charge in [0.25, 0.3) is 0 Å². The quantitative estimate of drug-likeness (QED) is 0.433. The van der Waals surface area contributed by atoms with Crippen LogP contribution in [0.15, 0.2) is 0 Å². The van der Waals surface area contributed by atoms with Crippen molar-refractivity contribution in [2.24, 2.45) is 0 Å². The van der Waals surface area contributed by atoms with Crippen LogP contribution in [0.4, 0.5) is 0 Å². The van der Waals surface area contributed by atoms with E-state index in [0.29, 0.717) is 0 Å². The third kappa shape index (κ3) is 4.74. The monoisotopic (exact) mass is 184 g/mol. The molecule has 3 nitrogen and oxygen atoms in total. The van der Waals surface area contributed by atoms with Gasteiger partial charge in [-0.3, -0.25) is 0 Å². The molecular formula is H5BO3Sn. The third-order valence-electron chi connectivity index (χ3n) is 0.211. The minimum absolute atomic E-state index is 0.0493. The molecule has 5 heteroatoms. The fourth-order valence-corrected chi connectivity index (χ4v) is 0. The summed E-state index contributed by atoms with van der Waals surface area (Å²) in [5.74, 6) is 0. The average Bonchev–Trinajstić information content (AvgIpc) is 1.38. The Morgan fingerprint density at radius 2 is 1.80 bits per heavy atom. The topological polar surface area (TPSA) is 49.7 Å². The molecule has 0 radical (unpaired) electrons. The van der Waals surface area contributed by atoms with E-state index >= 15 is 0 Å². The van der Waals surface area contributed by atoms with Crippen LogP contribution in [-0.4, -0.2) is 40.3 Å². The Kier molecular flexibility index (Phi) is 3.39. The van der Waals surface area contributed by atoms with E-state index in [1.165, 1.54) is 0 Å². The molecule has 0 aromatic rings. The molecule has 0 aromatic heterocycles. The van der Waals surface area contributed by atoms with Crippen molar-refractivity contribution in [1.82, 2.24) is 0 Å². The van der Waals surface area contributed by atoms with Gasteiger partial charge in [0.2, 0.25) is 0 Å². The van der Waals surface area contributed by atoms with Gasteiger partial charge in [-0.05, 0) is 0 Å². The summed E-state index contributed by atoms with van der Waals surface area (Å²) < 4.78 is 4.07. The first-order chi connectivity index (χ1) is 2.27. The first kappa shape index (κ1) is 5.74. The molecule has 0 spiro atoms. The van der Waals surface area contributed by atoms with Crippen LogP contribution in [0.3, 0.4) is 0 Å². The van der Waals surface area contributed by atoms with Crippen LogP contribution in [-0.2, 0) is 2.99 Å². The van der Waals surface area contributed by atoms with Gasteiger partial charge in [0, 0.05) is 0 Å². The molecule has 0 rings (SSSR count). The van der Waals surface area contributed by atoms with Gasteiger partial charge >= 0.3 is 43.3 Å². The van der Waals surface area contributed by atoms with Crippen LogP contribution in [0.2, 0.25) is 0 Å². The van der Waals surface area contributed by atoms with E-state index in [-0.39, 0.29) is 22.9 Å². The Balaban J connectivity index is 2.54. The maximum absolute atomic E-state index is 7.75. The molecule has 0 aliphatic heterocycles. The molecule has 0 aromatic carbocycles. The van der Waals surface area contributed by atoms with Crippen LogP contribution in [0.1, 0.15) is 0 Å². The van der Waals surface area contributed by atoms with Gasteiger partial charge in [-0.2, -0.15) is 0 Å². The molecule has 0 atom stereocenters. The summed E-state index contributed by atoms with van der Waals surface area (Å²) in [7, 11) is -1.52. The fraction of sp³-hybridized carbons (Fsp3) is 0. The van der Waals surface area contributed by atoms with Gasteiger partial charge < -0.3 is 0 Å². The molecule has 0 heterocycles. The van der Waals surface area contributed by atoms with E-state index in [4.69, 9.17) is 10.0 Å². The van der Waals surface area contributed by atoms with Gasteiger partial charge in [0.1, 0.15) is 0 Å². The summed E-state index contributed by atoms with van der Waals surface area (Å²) in [6.07, 6.45) is 0. The summed E-state index contributed by atoms with van der Waals surface area (Å²) in [6, 6.07) is 0. The molecule has 0 saturated heterocycles. The van der Waals surface area contributed by atoms with Gasteiger partial charge in [-0.15, -0.1) is 0 Å². The zero-order valence-electron chi connectivity index (χ0n) is 2.88. The van der Waals surface area contributed by atoms with Crippen LogP contribution in [0, 0.1) is 0 Å². The molecule has 2 N–H and O–H groups in total. The second kappa shape index (κ2) is 2.95. The molecule has 5 heavy (non-hydrogen) atoms. The van der Waals surface area contributed by atoms with Crippen LogP contribution < -0.4 is 0 Å². The number of rotatable bonds is 1. The van der Waals surface area contributed by atoms with E-state index in [1.54, 1.807) is 0 Å². The fourth-order valence-electron chi connectivity index (χ4n) is 0. The normalized spacial score (nSPS) is 8.40. The van der Waals surface area contributed by atoms with Gasteiger partial charge in [0.15, 0.2) is 0 Å². The van der Waals surface area contributed by atoms with Crippen molar-refractivity contribution in [3.05, 3.63) is 0 Å². The Morgan fingerprint density at radius 3 is 1.80 bits per heavy atom. The molecule has 0 amide bonds. The first-order valence-corrected chi connectivity index (χ1v) is 3.49. The third-order valence-corrected chi connectivity index (χ3v) is 1.41. The molecule has 0 bridgehead atoms. The summed E-state index contributed by atoms with van der Waals surface area (Å²) in [5.41, 5.74) is 0. The second-order valence-electron chi connectivity index (χ2n) is 0.562. The zero-order valence-corrected chi connectivity index (χ0v) is 8.59. The van der Waals surface area contributed by atoms with Crippen molar-refractivity contribution >= 4 is 30.3 Å². The van der Waals surface area contributed by atoms with Crippen LogP contribution >= 0.6 is 0 Å². The summed E-state index contributed by atoms with van der Waals surface area (Å²) in [4.78, 5) is 0. The van der Waals surface area contributed by atoms with Gasteiger partial charge in [-0.1, -0.05) is 0 Å². The number of hydrogen-bond donors (Lipinski definition) is 2. The molecule has 0 aliphatic carbocycles. The van der Waals surface area contributed by atoms with Crippen molar-refractivity contribution in [2.75, 3.05) is 0 Å². The Hall–Kier alpha value is 0.744. The standard InChI is InChI=1S/BH2O3.Sn.3H/c2-1(3)4;;;;/h2-3H;;;;/q-1;+1;;;. The molecule has 0 saturated carbocycles. The van der Waals surface area contributed by atoms with E-state index in [2.05, 4.69) is 2.99 Å². The van der Waals surface area contributed by atoms with Crippen LogP contribution in [0.5, 0.6) is 0 Å². The van der Waals surface area contributed by atoms with E-state index in [0.717, 1.165) is 0 Å². The predicted octanol–water partition coefficient (Wildman–Crippen LogP) is -2.75. The molecule has 0 aliphatic rings. The summed E-state index contributed by atoms with van der Waals surface area (Å²) >= 11 is -0.0493. The van der Waals surface area contributed by atoms with Crippen molar-refractivity contribution < 1.29 is 13.0 Å². The van der Waals surface area contributed by atoms with Crippen LogP contribution in [0.25, 0.3) is 0 Å². The van der Waals surface area contributed by atoms with Crippen molar-refractivity contribution in [1.29, 1.82) is 0 Å². The van der Waals surface area contributed by atoms with Crippen molar-refractivity contribution in [3.8, 4) is 0 Å². The second-order valence-corrected chi connectivity index (χ2v) is 1.91. The maximum atomic E-state index is 7.75. The number of hydrogen-bond acceptors (Lipinski definition) is 3. The van der Waals surface area contributed by atoms with E-state index in [9.17, 15) is 0 Å². The van der Waals surface area contributed by atoms with Gasteiger partial charge in [0.05, 0.1) is 0 Å². The molecule has 0 unspecified atom stereocenters. The summed E-state index contributed by atoms with van der Waals surface area (Å²) in [6.45, 7) is 0. The van der Waals surface area contributed by atoms with Crippen molar-refractivity contribution in [3.63, 3.8) is 0 Å². The van der Waals surface area contributed by atoms with Gasteiger partial charge in [-0.25, -0.2) is 0 Å². The Bertz CT molecular complexity index is 20.9. The van der Waals surface area contributed by atoms with E-state index in [1.807, 2.05) is 0 Å². The molecular weight excluding hydrogens is 178 g/mol. The van der Waals surface area contributed by atoms with E-state index < -0.39 is 7.32 Å². The molecule has 0 fully saturated rings. The zero-order chi connectivity index (χ0) is 4.28. The van der Waals surface area contributed by atoms with Crippen molar-refractivity contribution in [2.45, 2.75) is 0 Å². The SMILES string of the molecule is OB(O)[O][SnH3]. The average molecular weight is 183 g/mol. The Morgan fingerprint density at radius 1 is 1.60 bits per heavy atom. The minimum atomic E-state index is -1.52. The first-order valence-electron chi connectivity index (χ1n) is 1.16. The molecule has 30 valence electrons.